The molecule has 0 aliphatic heterocycles. The highest BCUT2D eigenvalue weighted by atomic mass is 16.5. The van der Waals surface area contributed by atoms with Crippen LogP contribution in [0.4, 0.5) is 0 Å². The number of rotatable bonds is 11. The summed E-state index contributed by atoms with van der Waals surface area (Å²) in [6.07, 6.45) is 7.37. The lowest BCUT2D eigenvalue weighted by molar-refractivity contribution is -0.137. The molecule has 6 nitrogen and oxygen atoms in total. The molecule has 1 fully saturated rings. The Labute approximate surface area is 165 Å². The van der Waals surface area contributed by atoms with E-state index in [0.717, 1.165) is 0 Å². The SMILES string of the molecule is O=C(O)CCC/C=C\C[C@H]1C(=O)C[C@H](O)[C@@H]1/C=C/[C@@H](O)COc1ccccc1. The number of carbonyl (C=O) groups is 2. The van der Waals surface area contributed by atoms with E-state index in [1.165, 1.54) is 0 Å². The average Bonchev–Trinajstić information content (AvgIpc) is 2.94. The van der Waals surface area contributed by atoms with Crippen LogP contribution in [0.25, 0.3) is 0 Å². The first kappa shape index (κ1) is 21.9. The van der Waals surface area contributed by atoms with Crippen LogP contribution in [-0.4, -0.2) is 45.9 Å². The molecule has 1 aliphatic rings. The quantitative estimate of drug-likeness (QED) is 0.398. The number of allylic oxidation sites excluding steroid dienone is 2. The minimum atomic E-state index is -0.838. The number of Topliss-reactive ketones (excluding diaryl/α,β-unsaturated/α-hetero) is 1. The van der Waals surface area contributed by atoms with E-state index in [9.17, 15) is 19.8 Å². The second-order valence-corrected chi connectivity index (χ2v) is 6.99. The van der Waals surface area contributed by atoms with Gasteiger partial charge in [0.2, 0.25) is 0 Å². The van der Waals surface area contributed by atoms with Gasteiger partial charge in [-0.2, -0.15) is 0 Å². The minimum absolute atomic E-state index is 0.00682. The van der Waals surface area contributed by atoms with Crippen molar-refractivity contribution >= 4 is 11.8 Å². The summed E-state index contributed by atoms with van der Waals surface area (Å²) in [6.45, 7) is 0.0887. The van der Waals surface area contributed by atoms with Crippen molar-refractivity contribution in [2.45, 2.75) is 44.3 Å². The fourth-order valence-corrected chi connectivity index (χ4v) is 3.27. The monoisotopic (exact) mass is 388 g/mol. The smallest absolute Gasteiger partial charge is 0.303 e. The number of hydrogen-bond donors (Lipinski definition) is 3. The highest BCUT2D eigenvalue weighted by Gasteiger charge is 2.39. The first-order valence-corrected chi connectivity index (χ1v) is 9.59. The number of carboxylic acid groups (broad SMARTS) is 1. The largest absolute Gasteiger partial charge is 0.491 e. The van der Waals surface area contributed by atoms with E-state index >= 15 is 0 Å². The van der Waals surface area contributed by atoms with Crippen molar-refractivity contribution in [3.63, 3.8) is 0 Å². The number of aliphatic hydroxyl groups excluding tert-OH is 2. The van der Waals surface area contributed by atoms with Gasteiger partial charge in [0.25, 0.3) is 0 Å². The summed E-state index contributed by atoms with van der Waals surface area (Å²) in [5.41, 5.74) is 0. The Morgan fingerprint density at radius 3 is 2.71 bits per heavy atom. The van der Waals surface area contributed by atoms with E-state index < -0.39 is 18.2 Å². The van der Waals surface area contributed by atoms with Gasteiger partial charge in [-0.05, 0) is 31.4 Å². The third-order valence-corrected chi connectivity index (χ3v) is 4.77. The number of ketones is 1. The summed E-state index contributed by atoms with van der Waals surface area (Å²) in [5.74, 6) is -0.821. The lowest BCUT2D eigenvalue weighted by Crippen LogP contribution is -2.20. The molecule has 2 rings (SSSR count). The highest BCUT2D eigenvalue weighted by Crippen LogP contribution is 2.33. The fraction of sp³-hybridized carbons (Fsp3) is 0.455. The number of para-hydroxylation sites is 1. The van der Waals surface area contributed by atoms with Crippen LogP contribution in [0.15, 0.2) is 54.6 Å². The van der Waals surface area contributed by atoms with Crippen LogP contribution < -0.4 is 4.74 Å². The molecule has 28 heavy (non-hydrogen) atoms. The number of aliphatic carboxylic acids is 1. The lowest BCUT2D eigenvalue weighted by Gasteiger charge is -2.17. The summed E-state index contributed by atoms with van der Waals surface area (Å²) in [5, 5.41) is 28.9. The van der Waals surface area contributed by atoms with Gasteiger partial charge in [0.15, 0.2) is 0 Å². The van der Waals surface area contributed by atoms with E-state index in [1.54, 1.807) is 24.3 Å². The Balaban J connectivity index is 1.82. The number of carboxylic acids is 1. The van der Waals surface area contributed by atoms with Crippen LogP contribution in [0.1, 0.15) is 32.1 Å². The van der Waals surface area contributed by atoms with E-state index in [2.05, 4.69) is 0 Å². The Kier molecular flexibility index (Phi) is 8.91. The Bertz CT molecular complexity index is 682. The molecule has 0 saturated heterocycles. The zero-order chi connectivity index (χ0) is 20.4. The predicted octanol–water partition coefficient (Wildman–Crippen LogP) is 2.75. The van der Waals surface area contributed by atoms with E-state index in [4.69, 9.17) is 9.84 Å². The van der Waals surface area contributed by atoms with E-state index in [0.29, 0.717) is 25.0 Å². The van der Waals surface area contributed by atoms with Crippen LogP contribution in [0, 0.1) is 11.8 Å². The fourth-order valence-electron chi connectivity index (χ4n) is 3.27. The number of hydrogen-bond acceptors (Lipinski definition) is 5. The maximum absolute atomic E-state index is 12.2. The van der Waals surface area contributed by atoms with Crippen LogP contribution in [-0.2, 0) is 9.59 Å². The zero-order valence-corrected chi connectivity index (χ0v) is 15.8. The molecular weight excluding hydrogens is 360 g/mol. The number of aliphatic hydroxyl groups is 2. The molecule has 0 spiro atoms. The maximum Gasteiger partial charge on any atom is 0.303 e. The molecule has 3 N–H and O–H groups in total. The standard InChI is InChI=1S/C22H28O6/c23-16(15-28-17-8-4-3-5-9-17)12-13-19-18(20(24)14-21(19)25)10-6-1-2-7-11-22(26)27/h1,3-6,8-9,12-13,16,18-19,21,23,25H,2,7,10-11,14-15H2,(H,26,27)/b6-1-,13-12+/t16-,18-,19-,21+/m1/s1. The molecule has 6 heteroatoms. The second kappa shape index (κ2) is 11.4. The Hall–Kier alpha value is -2.44. The van der Waals surface area contributed by atoms with Crippen molar-refractivity contribution in [1.29, 1.82) is 0 Å². The number of unbranched alkanes of at least 4 members (excludes halogenated alkanes) is 1. The van der Waals surface area contributed by atoms with Gasteiger partial charge in [0, 0.05) is 24.7 Å². The number of benzene rings is 1. The molecule has 1 saturated carbocycles. The predicted molar refractivity (Wildman–Crippen MR) is 105 cm³/mol. The summed E-state index contributed by atoms with van der Waals surface area (Å²) >= 11 is 0. The molecule has 152 valence electrons. The van der Waals surface area contributed by atoms with Crippen molar-refractivity contribution in [2.24, 2.45) is 11.8 Å². The summed E-state index contributed by atoms with van der Waals surface area (Å²) in [7, 11) is 0. The highest BCUT2D eigenvalue weighted by molar-refractivity contribution is 5.84. The third-order valence-electron chi connectivity index (χ3n) is 4.77. The second-order valence-electron chi connectivity index (χ2n) is 6.99. The number of ether oxygens (including phenoxy) is 1. The lowest BCUT2D eigenvalue weighted by atomic mass is 9.90. The molecular formula is C22H28O6. The molecule has 0 heterocycles. The molecule has 0 amide bonds. The van der Waals surface area contributed by atoms with Crippen molar-refractivity contribution in [3.05, 3.63) is 54.6 Å². The first-order valence-electron chi connectivity index (χ1n) is 9.59. The van der Waals surface area contributed by atoms with Crippen molar-refractivity contribution in [2.75, 3.05) is 6.61 Å². The van der Waals surface area contributed by atoms with Crippen molar-refractivity contribution < 1.29 is 29.6 Å². The van der Waals surface area contributed by atoms with Gasteiger partial charge in [-0.15, -0.1) is 0 Å². The molecule has 0 unspecified atom stereocenters. The molecule has 1 aliphatic carbocycles. The van der Waals surface area contributed by atoms with Gasteiger partial charge in [0.05, 0.1) is 6.10 Å². The summed E-state index contributed by atoms with van der Waals surface area (Å²) in [6, 6.07) is 9.17. The van der Waals surface area contributed by atoms with Gasteiger partial charge >= 0.3 is 5.97 Å². The Morgan fingerprint density at radius 2 is 2.00 bits per heavy atom. The van der Waals surface area contributed by atoms with Gasteiger partial charge in [-0.1, -0.05) is 42.5 Å². The molecule has 1 aromatic carbocycles. The molecule has 0 bridgehead atoms. The average molecular weight is 388 g/mol. The normalized spacial score (nSPS) is 23.5. The van der Waals surface area contributed by atoms with Gasteiger partial charge in [-0.3, -0.25) is 9.59 Å². The van der Waals surface area contributed by atoms with Crippen LogP contribution >= 0.6 is 0 Å². The molecule has 0 radical (unpaired) electrons. The summed E-state index contributed by atoms with van der Waals surface area (Å²) in [4.78, 5) is 22.7. The first-order chi connectivity index (χ1) is 13.5. The van der Waals surface area contributed by atoms with Crippen LogP contribution in [0.2, 0.25) is 0 Å². The summed E-state index contributed by atoms with van der Waals surface area (Å²) < 4.78 is 5.49. The van der Waals surface area contributed by atoms with Crippen LogP contribution in [0.3, 0.4) is 0 Å². The topological polar surface area (TPSA) is 104 Å². The molecule has 4 atom stereocenters. The van der Waals surface area contributed by atoms with Gasteiger partial charge in [-0.25, -0.2) is 0 Å². The molecule has 1 aromatic rings. The maximum atomic E-state index is 12.2. The third kappa shape index (κ3) is 7.29. The van der Waals surface area contributed by atoms with Gasteiger partial charge < -0.3 is 20.1 Å². The van der Waals surface area contributed by atoms with Gasteiger partial charge in [0.1, 0.15) is 24.2 Å². The van der Waals surface area contributed by atoms with E-state index in [-0.39, 0.29) is 37.1 Å². The minimum Gasteiger partial charge on any atom is -0.491 e. The Morgan fingerprint density at radius 1 is 1.25 bits per heavy atom. The van der Waals surface area contributed by atoms with Crippen LogP contribution in [0.5, 0.6) is 5.75 Å². The number of carbonyl (C=O) groups excluding carboxylic acids is 1. The van der Waals surface area contributed by atoms with Crippen molar-refractivity contribution in [3.8, 4) is 5.75 Å². The molecule has 0 aromatic heterocycles. The van der Waals surface area contributed by atoms with Crippen molar-refractivity contribution in [1.82, 2.24) is 0 Å². The zero-order valence-electron chi connectivity index (χ0n) is 15.8. The van der Waals surface area contributed by atoms with E-state index in [1.807, 2.05) is 30.4 Å².